The number of carbonyl (C=O) groups is 2. The van der Waals surface area contributed by atoms with Crippen LogP contribution >= 0.6 is 0 Å². The van der Waals surface area contributed by atoms with Gasteiger partial charge in [0.05, 0.1) is 6.10 Å². The van der Waals surface area contributed by atoms with Gasteiger partial charge in [-0.2, -0.15) is 0 Å². The number of hydrogen-bond acceptors (Lipinski definition) is 3. The molecule has 1 aliphatic rings. The van der Waals surface area contributed by atoms with E-state index < -0.39 is 11.4 Å². The number of likely N-dealkylation sites (tertiary alicyclic amines) is 1. The van der Waals surface area contributed by atoms with E-state index in [-0.39, 0.29) is 12.0 Å². The van der Waals surface area contributed by atoms with Crippen LogP contribution in [0.25, 0.3) is 0 Å². The lowest BCUT2D eigenvalue weighted by Gasteiger charge is -2.35. The Kier molecular flexibility index (Phi) is 4.51. The normalized spacial score (nSPS) is 18.2. The molecule has 0 aromatic rings. The van der Waals surface area contributed by atoms with Crippen molar-refractivity contribution < 1.29 is 19.4 Å². The lowest BCUT2D eigenvalue weighted by Crippen LogP contribution is -2.49. The number of piperidine rings is 1. The highest BCUT2D eigenvalue weighted by atomic mass is 16.5. The van der Waals surface area contributed by atoms with Gasteiger partial charge in [0.1, 0.15) is 5.41 Å². The molecule has 0 atom stereocenters. The summed E-state index contributed by atoms with van der Waals surface area (Å²) < 4.78 is 5.49. The van der Waals surface area contributed by atoms with Crippen molar-refractivity contribution >= 4 is 11.9 Å². The average Bonchev–Trinajstić information content (AvgIpc) is 2.29. The van der Waals surface area contributed by atoms with E-state index in [0.29, 0.717) is 19.7 Å². The summed E-state index contributed by atoms with van der Waals surface area (Å²) in [4.78, 5) is 24.7. The fraction of sp³-hybridized carbons (Fsp3) is 0.833. The first-order valence-corrected chi connectivity index (χ1v) is 6.04. The van der Waals surface area contributed by atoms with Crippen LogP contribution in [-0.2, 0) is 14.3 Å². The minimum absolute atomic E-state index is 0.206. The molecule has 1 aliphatic heterocycles. The number of nitrogens with zero attached hydrogens (tertiary/aromatic N) is 1. The van der Waals surface area contributed by atoms with Gasteiger partial charge in [-0.3, -0.25) is 9.59 Å². The fourth-order valence-corrected chi connectivity index (χ4v) is 1.95. The molecule has 1 saturated heterocycles. The van der Waals surface area contributed by atoms with Gasteiger partial charge < -0.3 is 14.7 Å². The molecule has 1 fully saturated rings. The SMILES string of the molecule is CCOC1CCN(C(=O)C(C)(C)C(=O)O)CC1. The number of carbonyl (C=O) groups excluding carboxylic acids is 1. The van der Waals surface area contributed by atoms with E-state index in [2.05, 4.69) is 0 Å². The zero-order valence-electron chi connectivity index (χ0n) is 10.7. The van der Waals surface area contributed by atoms with E-state index in [4.69, 9.17) is 9.84 Å². The number of hydrogen-bond donors (Lipinski definition) is 1. The van der Waals surface area contributed by atoms with E-state index in [1.807, 2.05) is 6.92 Å². The summed E-state index contributed by atoms with van der Waals surface area (Å²) in [6, 6.07) is 0. The van der Waals surface area contributed by atoms with Crippen LogP contribution in [0.15, 0.2) is 0 Å². The molecule has 0 aliphatic carbocycles. The van der Waals surface area contributed by atoms with Crippen LogP contribution in [0.5, 0.6) is 0 Å². The second-order valence-corrected chi connectivity index (χ2v) is 4.88. The van der Waals surface area contributed by atoms with Crippen LogP contribution in [0, 0.1) is 5.41 Å². The van der Waals surface area contributed by atoms with Gasteiger partial charge in [0.25, 0.3) is 0 Å². The minimum Gasteiger partial charge on any atom is -0.480 e. The third-order valence-electron chi connectivity index (χ3n) is 3.20. The molecule has 0 aromatic carbocycles. The molecule has 0 unspecified atom stereocenters. The molecule has 98 valence electrons. The molecule has 5 heteroatoms. The summed E-state index contributed by atoms with van der Waals surface area (Å²) in [5.74, 6) is -1.38. The van der Waals surface area contributed by atoms with Gasteiger partial charge in [-0.05, 0) is 33.6 Å². The molecule has 1 N–H and O–H groups in total. The predicted molar refractivity (Wildman–Crippen MR) is 62.6 cm³/mol. The third kappa shape index (κ3) is 3.19. The third-order valence-corrected chi connectivity index (χ3v) is 3.20. The van der Waals surface area contributed by atoms with E-state index in [1.54, 1.807) is 4.90 Å². The van der Waals surface area contributed by atoms with Crippen LogP contribution < -0.4 is 0 Å². The van der Waals surface area contributed by atoms with Gasteiger partial charge in [0.15, 0.2) is 0 Å². The zero-order chi connectivity index (χ0) is 13.1. The van der Waals surface area contributed by atoms with Crippen molar-refractivity contribution in [2.45, 2.75) is 39.7 Å². The van der Waals surface area contributed by atoms with Crippen molar-refractivity contribution in [1.82, 2.24) is 4.90 Å². The zero-order valence-corrected chi connectivity index (χ0v) is 10.7. The summed E-state index contributed by atoms with van der Waals surface area (Å²) in [5.41, 5.74) is -1.33. The van der Waals surface area contributed by atoms with Gasteiger partial charge in [-0.1, -0.05) is 0 Å². The quantitative estimate of drug-likeness (QED) is 0.751. The van der Waals surface area contributed by atoms with Crippen LogP contribution in [0.1, 0.15) is 33.6 Å². The molecule has 0 aromatic heterocycles. The molecule has 17 heavy (non-hydrogen) atoms. The molecule has 0 bridgehead atoms. The number of carboxylic acid groups (broad SMARTS) is 1. The lowest BCUT2D eigenvalue weighted by atomic mass is 9.90. The Hall–Kier alpha value is -1.10. The lowest BCUT2D eigenvalue weighted by molar-refractivity contribution is -0.159. The van der Waals surface area contributed by atoms with E-state index in [1.165, 1.54) is 13.8 Å². The maximum Gasteiger partial charge on any atom is 0.318 e. The Labute approximate surface area is 102 Å². The van der Waals surface area contributed by atoms with Crippen LogP contribution in [0.3, 0.4) is 0 Å². The largest absolute Gasteiger partial charge is 0.480 e. The summed E-state index contributed by atoms with van der Waals surface area (Å²) in [6.45, 7) is 6.70. The van der Waals surface area contributed by atoms with Crippen molar-refractivity contribution in [2.75, 3.05) is 19.7 Å². The molecule has 0 spiro atoms. The van der Waals surface area contributed by atoms with Crippen molar-refractivity contribution in [1.29, 1.82) is 0 Å². The van der Waals surface area contributed by atoms with Crippen molar-refractivity contribution in [3.8, 4) is 0 Å². The Balaban J connectivity index is 2.54. The Morgan fingerprint density at radius 2 is 1.88 bits per heavy atom. The first-order valence-electron chi connectivity index (χ1n) is 6.04. The first-order chi connectivity index (χ1) is 7.89. The Morgan fingerprint density at radius 1 is 1.35 bits per heavy atom. The van der Waals surface area contributed by atoms with Gasteiger partial charge in [0.2, 0.25) is 5.91 Å². The summed E-state index contributed by atoms with van der Waals surface area (Å²) in [5, 5.41) is 9.01. The van der Waals surface area contributed by atoms with Crippen molar-refractivity contribution in [3.05, 3.63) is 0 Å². The number of aliphatic carboxylic acids is 1. The smallest absolute Gasteiger partial charge is 0.318 e. The molecule has 5 nitrogen and oxygen atoms in total. The minimum atomic E-state index is -1.33. The molecule has 0 radical (unpaired) electrons. The van der Waals surface area contributed by atoms with Crippen molar-refractivity contribution in [2.24, 2.45) is 5.41 Å². The highest BCUT2D eigenvalue weighted by molar-refractivity contribution is 6.01. The van der Waals surface area contributed by atoms with Crippen LogP contribution in [0.4, 0.5) is 0 Å². The number of amides is 1. The Bertz CT molecular complexity index is 293. The number of ether oxygens (including phenoxy) is 1. The molecule has 1 heterocycles. The molecular formula is C12H21NO4. The summed E-state index contributed by atoms with van der Waals surface area (Å²) >= 11 is 0. The summed E-state index contributed by atoms with van der Waals surface area (Å²) in [7, 11) is 0. The monoisotopic (exact) mass is 243 g/mol. The standard InChI is InChI=1S/C12H21NO4/c1-4-17-9-5-7-13(8-6-9)10(14)12(2,3)11(15)16/h9H,4-8H2,1-3H3,(H,15,16). The fourth-order valence-electron chi connectivity index (χ4n) is 1.95. The highest BCUT2D eigenvalue weighted by Crippen LogP contribution is 2.23. The van der Waals surface area contributed by atoms with Crippen molar-refractivity contribution in [3.63, 3.8) is 0 Å². The Morgan fingerprint density at radius 3 is 2.29 bits per heavy atom. The number of rotatable bonds is 4. The van der Waals surface area contributed by atoms with Crippen LogP contribution in [-0.4, -0.2) is 47.7 Å². The maximum atomic E-state index is 12.0. The average molecular weight is 243 g/mol. The first kappa shape index (κ1) is 14.0. The van der Waals surface area contributed by atoms with E-state index >= 15 is 0 Å². The second-order valence-electron chi connectivity index (χ2n) is 4.88. The highest BCUT2D eigenvalue weighted by Gasteiger charge is 2.40. The molecule has 1 rings (SSSR count). The van der Waals surface area contributed by atoms with Gasteiger partial charge >= 0.3 is 5.97 Å². The summed E-state index contributed by atoms with van der Waals surface area (Å²) in [6.07, 6.45) is 1.78. The van der Waals surface area contributed by atoms with Gasteiger partial charge in [-0.25, -0.2) is 0 Å². The predicted octanol–water partition coefficient (Wildman–Crippen LogP) is 1.12. The maximum absolute atomic E-state index is 12.0. The van der Waals surface area contributed by atoms with Crippen LogP contribution in [0.2, 0.25) is 0 Å². The molecular weight excluding hydrogens is 222 g/mol. The number of carboxylic acids is 1. The van der Waals surface area contributed by atoms with Gasteiger partial charge in [-0.15, -0.1) is 0 Å². The molecule has 0 saturated carbocycles. The van der Waals surface area contributed by atoms with Gasteiger partial charge in [0, 0.05) is 19.7 Å². The van der Waals surface area contributed by atoms with E-state index in [9.17, 15) is 9.59 Å². The molecule has 1 amide bonds. The second kappa shape index (κ2) is 5.49. The topological polar surface area (TPSA) is 66.8 Å². The van der Waals surface area contributed by atoms with E-state index in [0.717, 1.165) is 12.8 Å².